The highest BCUT2D eigenvalue weighted by Crippen LogP contribution is 2.28. The van der Waals surface area contributed by atoms with Crippen LogP contribution in [0.3, 0.4) is 0 Å². The Kier molecular flexibility index (Phi) is 4.46. The zero-order valence-corrected chi connectivity index (χ0v) is 14.4. The normalized spacial score (nSPS) is 19.4. The highest BCUT2D eigenvalue weighted by molar-refractivity contribution is 6.10. The van der Waals surface area contributed by atoms with E-state index in [2.05, 4.69) is 10.6 Å². The van der Waals surface area contributed by atoms with Gasteiger partial charge in [-0.2, -0.15) is 0 Å². The van der Waals surface area contributed by atoms with Crippen molar-refractivity contribution in [3.63, 3.8) is 0 Å². The van der Waals surface area contributed by atoms with Crippen LogP contribution >= 0.6 is 0 Å². The summed E-state index contributed by atoms with van der Waals surface area (Å²) < 4.78 is 13.3. The van der Waals surface area contributed by atoms with E-state index in [4.69, 9.17) is 0 Å². The maximum absolute atomic E-state index is 13.3. The van der Waals surface area contributed by atoms with Gasteiger partial charge in [0.15, 0.2) is 0 Å². The average Bonchev–Trinajstić information content (AvgIpc) is 2.83. The van der Waals surface area contributed by atoms with Gasteiger partial charge in [0, 0.05) is 5.69 Å². The zero-order chi connectivity index (χ0) is 18.9. The van der Waals surface area contributed by atoms with E-state index >= 15 is 0 Å². The molecule has 2 aromatic carbocycles. The van der Waals surface area contributed by atoms with Crippen molar-refractivity contribution in [2.24, 2.45) is 0 Å². The standard InChI is InChI=1S/C19H18FN3O3/c1-12-8-9-14(20)10-15(12)21-16(24)11-23-17(25)19(2,22-18(23)26)13-6-4-3-5-7-13/h3-10H,11H2,1-2H3,(H,21,24)(H,22,26)/t19-/m0/s1. The second kappa shape index (κ2) is 6.59. The van der Waals surface area contributed by atoms with E-state index < -0.39 is 35.7 Å². The largest absolute Gasteiger partial charge is 0.325 e. The minimum Gasteiger partial charge on any atom is -0.324 e. The molecular weight excluding hydrogens is 337 g/mol. The first-order valence-corrected chi connectivity index (χ1v) is 8.07. The predicted octanol–water partition coefficient (Wildman–Crippen LogP) is 2.54. The molecule has 0 aromatic heterocycles. The molecule has 2 N–H and O–H groups in total. The lowest BCUT2D eigenvalue weighted by molar-refractivity contribution is -0.133. The first kappa shape index (κ1) is 17.6. The Morgan fingerprint density at radius 2 is 1.88 bits per heavy atom. The molecular formula is C19H18FN3O3. The van der Waals surface area contributed by atoms with Gasteiger partial charge < -0.3 is 10.6 Å². The number of carbonyl (C=O) groups excluding carboxylic acids is 3. The lowest BCUT2D eigenvalue weighted by Gasteiger charge is -2.22. The molecule has 26 heavy (non-hydrogen) atoms. The SMILES string of the molecule is Cc1ccc(F)cc1NC(=O)CN1C(=O)N[C@@](C)(c2ccccc2)C1=O. The number of rotatable bonds is 4. The summed E-state index contributed by atoms with van der Waals surface area (Å²) in [6.45, 7) is 2.86. The molecule has 3 rings (SSSR count). The molecule has 1 saturated heterocycles. The van der Waals surface area contributed by atoms with Gasteiger partial charge in [0.05, 0.1) is 0 Å². The third kappa shape index (κ3) is 3.15. The number of nitrogens with one attached hydrogen (secondary N) is 2. The van der Waals surface area contributed by atoms with Crippen LogP contribution in [-0.2, 0) is 15.1 Å². The number of hydrogen-bond acceptors (Lipinski definition) is 3. The second-order valence-corrected chi connectivity index (χ2v) is 6.32. The lowest BCUT2D eigenvalue weighted by Crippen LogP contribution is -2.42. The van der Waals surface area contributed by atoms with Gasteiger partial charge in [0.2, 0.25) is 5.91 Å². The number of urea groups is 1. The maximum atomic E-state index is 13.3. The summed E-state index contributed by atoms with van der Waals surface area (Å²) in [6.07, 6.45) is 0. The van der Waals surface area contributed by atoms with Gasteiger partial charge >= 0.3 is 6.03 Å². The summed E-state index contributed by atoms with van der Waals surface area (Å²) in [6, 6.07) is 12.2. The van der Waals surface area contributed by atoms with Gasteiger partial charge in [-0.05, 0) is 37.1 Å². The molecule has 0 aliphatic carbocycles. The van der Waals surface area contributed by atoms with E-state index in [0.717, 1.165) is 4.90 Å². The lowest BCUT2D eigenvalue weighted by atomic mass is 9.92. The van der Waals surface area contributed by atoms with Gasteiger partial charge in [0.1, 0.15) is 17.9 Å². The van der Waals surface area contributed by atoms with Crippen molar-refractivity contribution in [1.29, 1.82) is 0 Å². The smallest absolute Gasteiger partial charge is 0.324 e. The first-order chi connectivity index (χ1) is 12.3. The van der Waals surface area contributed by atoms with Crippen LogP contribution in [-0.4, -0.2) is 29.3 Å². The summed E-state index contributed by atoms with van der Waals surface area (Å²) in [5.41, 5.74) is 0.370. The number of imide groups is 1. The predicted molar refractivity (Wildman–Crippen MR) is 93.8 cm³/mol. The Bertz CT molecular complexity index is 885. The van der Waals surface area contributed by atoms with Crippen molar-refractivity contribution < 1.29 is 18.8 Å². The summed E-state index contributed by atoms with van der Waals surface area (Å²) in [4.78, 5) is 38.1. The van der Waals surface area contributed by atoms with Crippen LogP contribution in [0.1, 0.15) is 18.1 Å². The molecule has 7 heteroatoms. The van der Waals surface area contributed by atoms with Crippen LogP contribution in [0.15, 0.2) is 48.5 Å². The first-order valence-electron chi connectivity index (χ1n) is 8.07. The van der Waals surface area contributed by atoms with Gasteiger partial charge in [-0.3, -0.25) is 14.5 Å². The third-order valence-electron chi connectivity index (χ3n) is 4.40. The van der Waals surface area contributed by atoms with Crippen molar-refractivity contribution in [2.75, 3.05) is 11.9 Å². The number of anilines is 1. The summed E-state index contributed by atoms with van der Waals surface area (Å²) in [5, 5.41) is 5.17. The molecule has 0 unspecified atom stereocenters. The van der Waals surface area contributed by atoms with E-state index in [0.29, 0.717) is 16.8 Å². The number of carbonyl (C=O) groups is 3. The molecule has 4 amide bonds. The monoisotopic (exact) mass is 355 g/mol. The highest BCUT2D eigenvalue weighted by atomic mass is 19.1. The Hall–Kier alpha value is -3.22. The topological polar surface area (TPSA) is 78.5 Å². The third-order valence-corrected chi connectivity index (χ3v) is 4.40. The highest BCUT2D eigenvalue weighted by Gasteiger charge is 2.49. The molecule has 134 valence electrons. The van der Waals surface area contributed by atoms with Crippen molar-refractivity contribution >= 4 is 23.5 Å². The average molecular weight is 355 g/mol. The molecule has 2 aromatic rings. The Balaban J connectivity index is 1.76. The van der Waals surface area contributed by atoms with Crippen LogP contribution in [0, 0.1) is 12.7 Å². The molecule has 0 bridgehead atoms. The van der Waals surface area contributed by atoms with Gasteiger partial charge in [0.25, 0.3) is 5.91 Å². The van der Waals surface area contributed by atoms with E-state index in [9.17, 15) is 18.8 Å². The van der Waals surface area contributed by atoms with E-state index in [-0.39, 0.29) is 0 Å². The van der Waals surface area contributed by atoms with E-state index in [1.54, 1.807) is 44.2 Å². The number of benzene rings is 2. The van der Waals surface area contributed by atoms with Crippen molar-refractivity contribution in [1.82, 2.24) is 10.2 Å². The van der Waals surface area contributed by atoms with Crippen LogP contribution in [0.25, 0.3) is 0 Å². The molecule has 1 fully saturated rings. The number of nitrogens with zero attached hydrogens (tertiary/aromatic N) is 1. The van der Waals surface area contributed by atoms with Crippen molar-refractivity contribution in [3.8, 4) is 0 Å². The molecule has 1 aliphatic heterocycles. The van der Waals surface area contributed by atoms with Crippen molar-refractivity contribution in [3.05, 3.63) is 65.5 Å². The fourth-order valence-corrected chi connectivity index (χ4v) is 2.87. The Morgan fingerprint density at radius 1 is 1.19 bits per heavy atom. The summed E-state index contributed by atoms with van der Waals surface area (Å²) >= 11 is 0. The second-order valence-electron chi connectivity index (χ2n) is 6.32. The van der Waals surface area contributed by atoms with E-state index in [1.807, 2.05) is 0 Å². The molecule has 6 nitrogen and oxygen atoms in total. The van der Waals surface area contributed by atoms with Crippen molar-refractivity contribution in [2.45, 2.75) is 19.4 Å². The van der Waals surface area contributed by atoms with Crippen LogP contribution in [0.2, 0.25) is 0 Å². The molecule has 1 heterocycles. The number of aryl methyl sites for hydroxylation is 1. The molecule has 0 spiro atoms. The minimum atomic E-state index is -1.23. The number of halogens is 1. The van der Waals surface area contributed by atoms with Gasteiger partial charge in [-0.25, -0.2) is 9.18 Å². The zero-order valence-electron chi connectivity index (χ0n) is 14.4. The van der Waals surface area contributed by atoms with Gasteiger partial charge in [-0.1, -0.05) is 36.4 Å². The molecule has 1 aliphatic rings. The summed E-state index contributed by atoms with van der Waals surface area (Å²) in [5.74, 6) is -1.59. The van der Waals surface area contributed by atoms with Gasteiger partial charge in [-0.15, -0.1) is 0 Å². The quantitative estimate of drug-likeness (QED) is 0.828. The van der Waals surface area contributed by atoms with Crippen LogP contribution < -0.4 is 10.6 Å². The van der Waals surface area contributed by atoms with Crippen LogP contribution in [0.4, 0.5) is 14.9 Å². The molecule has 0 saturated carbocycles. The molecule has 1 atom stereocenters. The summed E-state index contributed by atoms with van der Waals surface area (Å²) in [7, 11) is 0. The number of amides is 4. The fourth-order valence-electron chi connectivity index (χ4n) is 2.87. The Labute approximate surface area is 150 Å². The minimum absolute atomic E-state index is 0.299. The van der Waals surface area contributed by atoms with E-state index in [1.165, 1.54) is 18.2 Å². The Morgan fingerprint density at radius 3 is 2.58 bits per heavy atom. The molecule has 0 radical (unpaired) electrons. The fraction of sp³-hybridized carbons (Fsp3) is 0.211. The maximum Gasteiger partial charge on any atom is 0.325 e. The number of hydrogen-bond donors (Lipinski definition) is 2. The van der Waals surface area contributed by atoms with Crippen LogP contribution in [0.5, 0.6) is 0 Å².